The SMILES string of the molecule is Cc1nc(C)c(CC(=O)Nc2cccc(F)c2)o1. The zero-order chi connectivity index (χ0) is 13.1. The van der Waals surface area contributed by atoms with E-state index in [9.17, 15) is 9.18 Å². The second-order valence-corrected chi connectivity index (χ2v) is 3.98. The standard InChI is InChI=1S/C13H13FN2O2/c1-8-12(18-9(2)15-8)7-13(17)16-11-5-3-4-10(14)6-11/h3-6H,7H2,1-2H3,(H,16,17). The van der Waals surface area contributed by atoms with Crippen molar-refractivity contribution in [1.82, 2.24) is 4.98 Å². The van der Waals surface area contributed by atoms with Crippen molar-refractivity contribution in [2.75, 3.05) is 5.32 Å². The van der Waals surface area contributed by atoms with Gasteiger partial charge in [0.25, 0.3) is 0 Å². The van der Waals surface area contributed by atoms with Gasteiger partial charge in [-0.3, -0.25) is 4.79 Å². The number of hydrogen-bond acceptors (Lipinski definition) is 3. The molecule has 0 aliphatic carbocycles. The molecule has 0 atom stereocenters. The number of carbonyl (C=O) groups is 1. The highest BCUT2D eigenvalue weighted by Gasteiger charge is 2.12. The van der Waals surface area contributed by atoms with E-state index in [1.54, 1.807) is 19.9 Å². The molecular formula is C13H13FN2O2. The van der Waals surface area contributed by atoms with Crippen LogP contribution in [0.4, 0.5) is 10.1 Å². The molecule has 18 heavy (non-hydrogen) atoms. The van der Waals surface area contributed by atoms with Gasteiger partial charge in [-0.1, -0.05) is 6.07 Å². The van der Waals surface area contributed by atoms with Crippen molar-refractivity contribution < 1.29 is 13.6 Å². The molecule has 0 radical (unpaired) electrons. The topological polar surface area (TPSA) is 55.1 Å². The number of hydrogen-bond donors (Lipinski definition) is 1. The molecule has 0 spiro atoms. The summed E-state index contributed by atoms with van der Waals surface area (Å²) in [5.74, 6) is 0.404. The molecule has 0 saturated carbocycles. The van der Waals surface area contributed by atoms with Crippen molar-refractivity contribution >= 4 is 11.6 Å². The third-order valence-electron chi connectivity index (χ3n) is 2.43. The summed E-state index contributed by atoms with van der Waals surface area (Å²) in [6.45, 7) is 3.50. The second kappa shape index (κ2) is 5.00. The van der Waals surface area contributed by atoms with Crippen molar-refractivity contribution in [2.45, 2.75) is 20.3 Å². The Kier molecular flexibility index (Phi) is 3.41. The monoisotopic (exact) mass is 248 g/mol. The third-order valence-corrected chi connectivity index (χ3v) is 2.43. The quantitative estimate of drug-likeness (QED) is 0.908. The summed E-state index contributed by atoms with van der Waals surface area (Å²) in [6.07, 6.45) is 0.0865. The molecule has 2 rings (SSSR count). The summed E-state index contributed by atoms with van der Waals surface area (Å²) >= 11 is 0. The highest BCUT2D eigenvalue weighted by atomic mass is 19.1. The van der Waals surface area contributed by atoms with Crippen LogP contribution in [0.15, 0.2) is 28.7 Å². The van der Waals surface area contributed by atoms with Gasteiger partial charge in [0.2, 0.25) is 5.91 Å². The lowest BCUT2D eigenvalue weighted by Crippen LogP contribution is -2.14. The number of aryl methyl sites for hydroxylation is 2. The number of halogens is 1. The summed E-state index contributed by atoms with van der Waals surface area (Å²) in [5, 5.41) is 2.60. The average Bonchev–Trinajstić information content (AvgIpc) is 2.57. The van der Waals surface area contributed by atoms with Gasteiger partial charge in [0, 0.05) is 12.6 Å². The van der Waals surface area contributed by atoms with Gasteiger partial charge >= 0.3 is 0 Å². The largest absolute Gasteiger partial charge is 0.445 e. The minimum Gasteiger partial charge on any atom is -0.445 e. The minimum absolute atomic E-state index is 0.0865. The minimum atomic E-state index is -0.389. The number of rotatable bonds is 3. The van der Waals surface area contributed by atoms with Crippen LogP contribution in [0.1, 0.15) is 17.3 Å². The number of nitrogens with zero attached hydrogens (tertiary/aromatic N) is 1. The van der Waals surface area contributed by atoms with Crippen LogP contribution < -0.4 is 5.32 Å². The number of nitrogens with one attached hydrogen (secondary N) is 1. The van der Waals surface area contributed by atoms with Crippen molar-refractivity contribution in [1.29, 1.82) is 0 Å². The number of anilines is 1. The maximum Gasteiger partial charge on any atom is 0.232 e. The molecule has 5 heteroatoms. The number of benzene rings is 1. The molecule has 1 N–H and O–H groups in total. The fraction of sp³-hybridized carbons (Fsp3) is 0.231. The van der Waals surface area contributed by atoms with E-state index in [4.69, 9.17) is 4.42 Å². The van der Waals surface area contributed by atoms with Crippen LogP contribution in [0.5, 0.6) is 0 Å². The molecule has 0 saturated heterocycles. The number of amides is 1. The van der Waals surface area contributed by atoms with Crippen LogP contribution in [-0.2, 0) is 11.2 Å². The molecule has 0 aliphatic rings. The Morgan fingerprint density at radius 2 is 2.22 bits per heavy atom. The Morgan fingerprint density at radius 1 is 1.44 bits per heavy atom. The first-order valence-corrected chi connectivity index (χ1v) is 5.53. The van der Waals surface area contributed by atoms with Crippen LogP contribution in [0.2, 0.25) is 0 Å². The molecule has 0 fully saturated rings. The molecule has 1 amide bonds. The van der Waals surface area contributed by atoms with E-state index in [1.807, 2.05) is 0 Å². The first kappa shape index (κ1) is 12.3. The van der Waals surface area contributed by atoms with E-state index in [2.05, 4.69) is 10.3 Å². The Balaban J connectivity index is 2.03. The molecule has 1 aromatic heterocycles. The molecule has 0 aliphatic heterocycles. The zero-order valence-corrected chi connectivity index (χ0v) is 10.2. The summed E-state index contributed by atoms with van der Waals surface area (Å²) in [7, 11) is 0. The lowest BCUT2D eigenvalue weighted by Gasteiger charge is -2.03. The van der Waals surface area contributed by atoms with Crippen LogP contribution in [-0.4, -0.2) is 10.9 Å². The average molecular weight is 248 g/mol. The Bertz CT molecular complexity index is 578. The van der Waals surface area contributed by atoms with Gasteiger partial charge in [-0.15, -0.1) is 0 Å². The van der Waals surface area contributed by atoms with Crippen LogP contribution in [0.3, 0.4) is 0 Å². The van der Waals surface area contributed by atoms with E-state index in [0.29, 0.717) is 23.0 Å². The van der Waals surface area contributed by atoms with Crippen LogP contribution in [0, 0.1) is 19.7 Å². The number of carbonyl (C=O) groups excluding carboxylic acids is 1. The van der Waals surface area contributed by atoms with E-state index < -0.39 is 0 Å². The van der Waals surface area contributed by atoms with Gasteiger partial charge in [-0.2, -0.15) is 0 Å². The third kappa shape index (κ3) is 2.94. The Morgan fingerprint density at radius 3 is 2.83 bits per heavy atom. The fourth-order valence-electron chi connectivity index (χ4n) is 1.65. The first-order chi connectivity index (χ1) is 8.54. The molecule has 4 nitrogen and oxygen atoms in total. The zero-order valence-electron chi connectivity index (χ0n) is 10.2. The molecular weight excluding hydrogens is 235 g/mol. The van der Waals surface area contributed by atoms with Gasteiger partial charge in [-0.25, -0.2) is 9.37 Å². The molecule has 0 unspecified atom stereocenters. The van der Waals surface area contributed by atoms with Gasteiger partial charge in [0.05, 0.1) is 12.1 Å². The fourth-order valence-corrected chi connectivity index (χ4v) is 1.65. The predicted octanol–water partition coefficient (Wildman–Crippen LogP) is 2.61. The predicted molar refractivity (Wildman–Crippen MR) is 64.7 cm³/mol. The highest BCUT2D eigenvalue weighted by Crippen LogP contribution is 2.13. The summed E-state index contributed by atoms with van der Waals surface area (Å²) < 4.78 is 18.2. The summed E-state index contributed by atoms with van der Waals surface area (Å²) in [5.41, 5.74) is 1.12. The van der Waals surface area contributed by atoms with E-state index in [1.165, 1.54) is 18.2 Å². The highest BCUT2D eigenvalue weighted by molar-refractivity contribution is 5.91. The van der Waals surface area contributed by atoms with Gasteiger partial charge < -0.3 is 9.73 Å². The lowest BCUT2D eigenvalue weighted by atomic mass is 10.2. The second-order valence-electron chi connectivity index (χ2n) is 3.98. The van der Waals surface area contributed by atoms with Crippen molar-refractivity contribution in [2.24, 2.45) is 0 Å². The van der Waals surface area contributed by atoms with Gasteiger partial charge in [0.15, 0.2) is 5.89 Å². The molecule has 1 aromatic carbocycles. The van der Waals surface area contributed by atoms with E-state index in [-0.39, 0.29) is 18.1 Å². The number of aromatic nitrogens is 1. The molecule has 1 heterocycles. The normalized spacial score (nSPS) is 10.4. The van der Waals surface area contributed by atoms with Gasteiger partial charge in [-0.05, 0) is 25.1 Å². The van der Waals surface area contributed by atoms with E-state index >= 15 is 0 Å². The van der Waals surface area contributed by atoms with Crippen LogP contribution in [0.25, 0.3) is 0 Å². The maximum atomic E-state index is 12.9. The summed E-state index contributed by atoms with van der Waals surface area (Å²) in [4.78, 5) is 15.8. The molecule has 2 aromatic rings. The van der Waals surface area contributed by atoms with Gasteiger partial charge in [0.1, 0.15) is 11.6 Å². The van der Waals surface area contributed by atoms with Crippen LogP contribution >= 0.6 is 0 Å². The smallest absolute Gasteiger partial charge is 0.232 e. The lowest BCUT2D eigenvalue weighted by molar-refractivity contribution is -0.115. The maximum absolute atomic E-state index is 12.9. The Hall–Kier alpha value is -2.17. The molecule has 94 valence electrons. The van der Waals surface area contributed by atoms with Crippen molar-refractivity contribution in [3.63, 3.8) is 0 Å². The molecule has 0 bridgehead atoms. The first-order valence-electron chi connectivity index (χ1n) is 5.53. The Labute approximate surface area is 104 Å². The van der Waals surface area contributed by atoms with E-state index in [0.717, 1.165) is 0 Å². The number of oxazole rings is 1. The van der Waals surface area contributed by atoms with Crippen molar-refractivity contribution in [3.8, 4) is 0 Å². The van der Waals surface area contributed by atoms with Crippen molar-refractivity contribution in [3.05, 3.63) is 47.4 Å². The summed E-state index contributed by atoms with van der Waals surface area (Å²) in [6, 6.07) is 5.74.